The van der Waals surface area contributed by atoms with Crippen molar-refractivity contribution in [2.75, 3.05) is 31.2 Å². The third-order valence-corrected chi connectivity index (χ3v) is 4.75. The molecule has 0 amide bonds. The van der Waals surface area contributed by atoms with Gasteiger partial charge in [0, 0.05) is 30.9 Å². The predicted octanol–water partition coefficient (Wildman–Crippen LogP) is 2.89. The summed E-state index contributed by atoms with van der Waals surface area (Å²) >= 11 is 0. The van der Waals surface area contributed by atoms with E-state index in [1.54, 1.807) is 12.3 Å². The molecule has 0 bridgehead atoms. The predicted molar refractivity (Wildman–Crippen MR) is 104 cm³/mol. The van der Waals surface area contributed by atoms with Crippen molar-refractivity contribution in [3.63, 3.8) is 0 Å². The molecule has 10 nitrogen and oxygen atoms in total. The van der Waals surface area contributed by atoms with E-state index in [9.17, 15) is 15.2 Å². The molecule has 0 radical (unpaired) electrons. The highest BCUT2D eigenvalue weighted by molar-refractivity contribution is 6.05. The van der Waals surface area contributed by atoms with Gasteiger partial charge in [-0.15, -0.1) is 0 Å². The van der Waals surface area contributed by atoms with E-state index < -0.39 is 4.92 Å². The molecule has 1 aromatic carbocycles. The maximum absolute atomic E-state index is 11.2. The molecular formula is C19H15N5O5. The molecule has 10 heteroatoms. The van der Waals surface area contributed by atoms with Crippen LogP contribution in [0.25, 0.3) is 33.6 Å². The van der Waals surface area contributed by atoms with Crippen LogP contribution in [0.5, 0.6) is 5.75 Å². The summed E-state index contributed by atoms with van der Waals surface area (Å²) in [5.41, 5.74) is 1.59. The average Bonchev–Trinajstić information content (AvgIpc) is 3.12. The smallest absolute Gasteiger partial charge is 0.273 e. The molecule has 4 heterocycles. The Morgan fingerprint density at radius 2 is 2.00 bits per heavy atom. The summed E-state index contributed by atoms with van der Waals surface area (Å²) in [6, 6.07) is 7.45. The van der Waals surface area contributed by atoms with E-state index in [-0.39, 0.29) is 17.3 Å². The van der Waals surface area contributed by atoms with Gasteiger partial charge in [0.05, 0.1) is 29.6 Å². The first-order valence-electron chi connectivity index (χ1n) is 8.97. The molecule has 0 aliphatic carbocycles. The van der Waals surface area contributed by atoms with Crippen molar-refractivity contribution in [3.05, 3.63) is 46.6 Å². The van der Waals surface area contributed by atoms with Crippen molar-refractivity contribution < 1.29 is 19.2 Å². The van der Waals surface area contributed by atoms with E-state index in [0.29, 0.717) is 54.5 Å². The number of non-ortho nitro benzene ring substituents is 1. The number of aromatic hydroxyl groups is 1. The minimum Gasteiger partial charge on any atom is -0.508 e. The van der Waals surface area contributed by atoms with Crippen LogP contribution in [-0.4, -0.2) is 51.3 Å². The SMILES string of the molecule is O=[N+]([O-])c1cc(O)cc(-c2nc(N3CCOCC3)c3oc4ncccc4c3n2)c1. The van der Waals surface area contributed by atoms with Crippen LogP contribution in [0.3, 0.4) is 0 Å². The van der Waals surface area contributed by atoms with E-state index in [1.165, 1.54) is 12.1 Å². The number of pyridine rings is 1. The summed E-state index contributed by atoms with van der Waals surface area (Å²) < 4.78 is 11.4. The molecule has 1 aliphatic heterocycles. The fraction of sp³-hybridized carbons (Fsp3) is 0.211. The van der Waals surface area contributed by atoms with Crippen molar-refractivity contribution in [1.29, 1.82) is 0 Å². The molecular weight excluding hydrogens is 378 g/mol. The van der Waals surface area contributed by atoms with Gasteiger partial charge in [-0.25, -0.2) is 15.0 Å². The zero-order valence-electron chi connectivity index (χ0n) is 15.1. The molecule has 1 fully saturated rings. The third-order valence-electron chi connectivity index (χ3n) is 4.75. The van der Waals surface area contributed by atoms with Gasteiger partial charge in [-0.05, 0) is 18.2 Å². The number of phenolic OH excluding ortho intramolecular Hbond substituents is 1. The van der Waals surface area contributed by atoms with Crippen molar-refractivity contribution in [2.24, 2.45) is 0 Å². The monoisotopic (exact) mass is 393 g/mol. The Morgan fingerprint density at radius 1 is 1.17 bits per heavy atom. The number of furan rings is 1. The van der Waals surface area contributed by atoms with E-state index in [1.807, 2.05) is 11.0 Å². The van der Waals surface area contributed by atoms with Crippen LogP contribution < -0.4 is 4.90 Å². The number of nitro benzene ring substituents is 1. The third kappa shape index (κ3) is 2.99. The van der Waals surface area contributed by atoms with Crippen LogP contribution in [0.4, 0.5) is 11.5 Å². The topological polar surface area (TPSA) is 128 Å². The first-order chi connectivity index (χ1) is 14.1. The first kappa shape index (κ1) is 17.3. The van der Waals surface area contributed by atoms with Gasteiger partial charge >= 0.3 is 0 Å². The largest absolute Gasteiger partial charge is 0.508 e. The lowest BCUT2D eigenvalue weighted by Crippen LogP contribution is -2.37. The number of rotatable bonds is 3. The highest BCUT2D eigenvalue weighted by atomic mass is 16.6. The summed E-state index contributed by atoms with van der Waals surface area (Å²) in [7, 11) is 0. The molecule has 0 saturated carbocycles. The summed E-state index contributed by atoms with van der Waals surface area (Å²) in [5, 5.41) is 21.9. The number of ether oxygens (including phenoxy) is 1. The molecule has 146 valence electrons. The highest BCUT2D eigenvalue weighted by Crippen LogP contribution is 2.35. The van der Waals surface area contributed by atoms with E-state index in [4.69, 9.17) is 9.15 Å². The van der Waals surface area contributed by atoms with E-state index >= 15 is 0 Å². The van der Waals surface area contributed by atoms with Crippen molar-refractivity contribution >= 4 is 33.7 Å². The van der Waals surface area contributed by atoms with Gasteiger partial charge in [0.25, 0.3) is 5.69 Å². The molecule has 0 unspecified atom stereocenters. The number of morpholine rings is 1. The number of nitrogens with zero attached hydrogens (tertiary/aromatic N) is 5. The van der Waals surface area contributed by atoms with Crippen LogP contribution in [-0.2, 0) is 4.74 Å². The van der Waals surface area contributed by atoms with Gasteiger partial charge in [-0.1, -0.05) is 0 Å². The Morgan fingerprint density at radius 3 is 2.79 bits per heavy atom. The zero-order valence-corrected chi connectivity index (χ0v) is 15.1. The second kappa shape index (κ2) is 6.67. The second-order valence-corrected chi connectivity index (χ2v) is 6.60. The van der Waals surface area contributed by atoms with E-state index in [2.05, 4.69) is 15.0 Å². The summed E-state index contributed by atoms with van der Waals surface area (Å²) in [5.74, 6) is 0.589. The van der Waals surface area contributed by atoms with Crippen LogP contribution in [0.1, 0.15) is 0 Å². The Hall–Kier alpha value is -3.79. The molecule has 1 aliphatic rings. The number of hydrogen-bond donors (Lipinski definition) is 1. The maximum atomic E-state index is 11.2. The number of aromatic nitrogens is 3. The molecule has 0 spiro atoms. The quantitative estimate of drug-likeness (QED) is 0.413. The Kier molecular flexibility index (Phi) is 3.98. The Balaban J connectivity index is 1.78. The highest BCUT2D eigenvalue weighted by Gasteiger charge is 2.23. The summed E-state index contributed by atoms with van der Waals surface area (Å²) in [6.07, 6.45) is 1.63. The van der Waals surface area contributed by atoms with Crippen molar-refractivity contribution in [2.45, 2.75) is 0 Å². The molecule has 0 atom stereocenters. The minimum atomic E-state index is -0.568. The van der Waals surface area contributed by atoms with Gasteiger partial charge in [0.1, 0.15) is 11.3 Å². The molecule has 1 N–H and O–H groups in total. The molecule has 3 aromatic heterocycles. The summed E-state index contributed by atoms with van der Waals surface area (Å²) in [4.78, 5) is 26.1. The number of nitro groups is 1. The van der Waals surface area contributed by atoms with E-state index in [0.717, 1.165) is 11.5 Å². The van der Waals surface area contributed by atoms with Crippen LogP contribution in [0.15, 0.2) is 40.9 Å². The number of hydrogen-bond acceptors (Lipinski definition) is 9. The minimum absolute atomic E-state index is 0.232. The number of anilines is 1. The van der Waals surface area contributed by atoms with Crippen molar-refractivity contribution in [3.8, 4) is 17.1 Å². The van der Waals surface area contributed by atoms with Gasteiger partial charge in [-0.3, -0.25) is 10.1 Å². The standard InChI is InChI=1S/C19H15N5O5/c25-13-9-11(8-12(10-13)24(26)27)17-21-15-14-2-1-3-20-19(14)29-16(15)18(22-17)23-4-6-28-7-5-23/h1-3,8-10,25H,4-7H2. The van der Waals surface area contributed by atoms with Gasteiger partial charge in [-0.2, -0.15) is 0 Å². The molecule has 4 aromatic rings. The lowest BCUT2D eigenvalue weighted by Gasteiger charge is -2.27. The Labute approximate surface area is 163 Å². The molecule has 1 saturated heterocycles. The van der Waals surface area contributed by atoms with Crippen LogP contribution >= 0.6 is 0 Å². The average molecular weight is 393 g/mol. The van der Waals surface area contributed by atoms with Gasteiger partial charge < -0.3 is 19.2 Å². The lowest BCUT2D eigenvalue weighted by atomic mass is 10.1. The van der Waals surface area contributed by atoms with Gasteiger partial charge in [0.15, 0.2) is 17.2 Å². The number of fused-ring (bicyclic) bond motifs is 3. The zero-order chi connectivity index (χ0) is 20.0. The summed E-state index contributed by atoms with van der Waals surface area (Å²) in [6.45, 7) is 2.35. The Bertz CT molecular complexity index is 1250. The number of phenols is 1. The second-order valence-electron chi connectivity index (χ2n) is 6.60. The molecule has 29 heavy (non-hydrogen) atoms. The fourth-order valence-corrected chi connectivity index (χ4v) is 3.41. The lowest BCUT2D eigenvalue weighted by molar-refractivity contribution is -0.384. The first-order valence-corrected chi connectivity index (χ1v) is 8.97. The molecule has 5 rings (SSSR count). The fourth-order valence-electron chi connectivity index (χ4n) is 3.41. The van der Waals surface area contributed by atoms with Crippen LogP contribution in [0, 0.1) is 10.1 Å². The van der Waals surface area contributed by atoms with Crippen LogP contribution in [0.2, 0.25) is 0 Å². The number of benzene rings is 1. The maximum Gasteiger partial charge on any atom is 0.273 e. The van der Waals surface area contributed by atoms with Gasteiger partial charge in [0.2, 0.25) is 5.71 Å². The normalized spacial score (nSPS) is 14.6. The van der Waals surface area contributed by atoms with Crippen molar-refractivity contribution in [1.82, 2.24) is 15.0 Å².